The number of esters is 2. The van der Waals surface area contributed by atoms with Gasteiger partial charge in [-0.25, -0.2) is 9.59 Å². The normalized spacial score (nSPS) is 17.7. The molecule has 2 amide bonds. The molecule has 2 aliphatic heterocycles. The van der Waals surface area contributed by atoms with Gasteiger partial charge in [-0.3, -0.25) is 19.4 Å². The topological polar surface area (TPSA) is 154 Å². The van der Waals surface area contributed by atoms with Crippen LogP contribution in [0.25, 0.3) is 0 Å². The number of para-hydroxylation sites is 2. The van der Waals surface area contributed by atoms with Gasteiger partial charge in [0.15, 0.2) is 0 Å². The Kier molecular flexibility index (Phi) is 16.0. The number of nitrogens with one attached hydrogen (secondary N) is 2. The van der Waals surface area contributed by atoms with Crippen LogP contribution in [-0.4, -0.2) is 135 Å². The third kappa shape index (κ3) is 13.0. The first-order chi connectivity index (χ1) is 24.2. The quantitative estimate of drug-likeness (QED) is 0.0753. The van der Waals surface area contributed by atoms with Gasteiger partial charge in [-0.1, -0.05) is 36.4 Å². The smallest absolute Gasteiger partial charge is 0.419 e. The molecule has 0 aliphatic carbocycles. The van der Waals surface area contributed by atoms with Gasteiger partial charge >= 0.3 is 11.9 Å². The maximum absolute atomic E-state index is 13.4. The summed E-state index contributed by atoms with van der Waals surface area (Å²) in [5, 5.41) is 5.47. The van der Waals surface area contributed by atoms with Crippen molar-refractivity contribution in [1.82, 2.24) is 20.4 Å². The van der Waals surface area contributed by atoms with Gasteiger partial charge in [0, 0.05) is 65.2 Å². The molecule has 2 atom stereocenters. The molecular formula is C34H46N4O10S2. The second-order valence-corrected chi connectivity index (χ2v) is 13.0. The van der Waals surface area contributed by atoms with Gasteiger partial charge in [0.2, 0.25) is 9.87 Å². The molecule has 2 heterocycles. The van der Waals surface area contributed by atoms with E-state index in [1.165, 1.54) is 0 Å². The summed E-state index contributed by atoms with van der Waals surface area (Å²) in [6.45, 7) is 6.62. The molecule has 0 bridgehead atoms. The molecular weight excluding hydrogens is 689 g/mol. The standard InChI is InChI=1S/C34H46N4O10S2/c39-29(47-33(49,11-21-45-27-7-3-1-4-8-27)31(41)35-13-15-37-17-23-43-24-18-37)30(40)48-34(50,12-22-46-28-9-5-2-6-10-28)32(42)36-14-16-38-19-25-44-26-20-38/h1-10,49-50H,11-26H2,(H,35,41)(H,36,42). The van der Waals surface area contributed by atoms with E-state index in [2.05, 4.69) is 45.7 Å². The van der Waals surface area contributed by atoms with E-state index in [1.54, 1.807) is 48.5 Å². The van der Waals surface area contributed by atoms with E-state index in [0.717, 1.165) is 26.2 Å². The Morgan fingerprint density at radius 1 is 0.620 bits per heavy atom. The average Bonchev–Trinajstić information content (AvgIpc) is 3.13. The van der Waals surface area contributed by atoms with E-state index in [0.29, 0.717) is 51.0 Å². The van der Waals surface area contributed by atoms with Crippen molar-refractivity contribution in [3.05, 3.63) is 60.7 Å². The lowest BCUT2D eigenvalue weighted by atomic mass is 10.2. The number of rotatable bonds is 18. The lowest BCUT2D eigenvalue weighted by molar-refractivity contribution is -0.180. The van der Waals surface area contributed by atoms with E-state index in [1.807, 2.05) is 12.1 Å². The zero-order chi connectivity index (χ0) is 35.7. The minimum absolute atomic E-state index is 0.0778. The third-order valence-corrected chi connectivity index (χ3v) is 8.98. The zero-order valence-corrected chi connectivity index (χ0v) is 29.7. The Balaban J connectivity index is 1.40. The molecule has 0 spiro atoms. The van der Waals surface area contributed by atoms with Gasteiger partial charge in [0.05, 0.1) is 39.6 Å². The first-order valence-corrected chi connectivity index (χ1v) is 17.5. The summed E-state index contributed by atoms with van der Waals surface area (Å²) in [6, 6.07) is 17.7. The summed E-state index contributed by atoms with van der Waals surface area (Å²) < 4.78 is 33.0. The third-order valence-electron chi connectivity index (χ3n) is 7.94. The molecule has 2 aromatic carbocycles. The lowest BCUT2D eigenvalue weighted by Gasteiger charge is -2.30. The molecule has 50 heavy (non-hydrogen) atoms. The van der Waals surface area contributed by atoms with Crippen LogP contribution in [0.3, 0.4) is 0 Å². The zero-order valence-electron chi connectivity index (χ0n) is 28.0. The molecule has 2 aromatic rings. The highest BCUT2D eigenvalue weighted by atomic mass is 32.1. The molecule has 0 saturated carbocycles. The molecule has 14 nitrogen and oxygen atoms in total. The number of carbonyl (C=O) groups excluding carboxylic acids is 4. The predicted octanol–water partition coefficient (Wildman–Crippen LogP) is 1.16. The highest BCUT2D eigenvalue weighted by molar-refractivity contribution is 7.82. The number of carbonyl (C=O) groups is 4. The molecule has 2 unspecified atom stereocenters. The molecule has 16 heteroatoms. The van der Waals surface area contributed by atoms with Crippen molar-refractivity contribution in [1.29, 1.82) is 0 Å². The van der Waals surface area contributed by atoms with Gasteiger partial charge in [-0.15, -0.1) is 25.3 Å². The van der Waals surface area contributed by atoms with Crippen molar-refractivity contribution < 1.29 is 47.6 Å². The fourth-order valence-corrected chi connectivity index (χ4v) is 5.55. The van der Waals surface area contributed by atoms with Gasteiger partial charge in [-0.05, 0) is 24.3 Å². The number of nitrogens with zero attached hydrogens (tertiary/aromatic N) is 2. The molecule has 0 radical (unpaired) electrons. The van der Waals surface area contributed by atoms with E-state index in [4.69, 9.17) is 28.4 Å². The largest absolute Gasteiger partial charge is 0.493 e. The van der Waals surface area contributed by atoms with Crippen LogP contribution >= 0.6 is 25.3 Å². The number of hydrogen-bond acceptors (Lipinski definition) is 14. The van der Waals surface area contributed by atoms with Crippen LogP contribution in [0, 0.1) is 0 Å². The predicted molar refractivity (Wildman–Crippen MR) is 189 cm³/mol. The van der Waals surface area contributed by atoms with E-state index in [9.17, 15) is 19.2 Å². The SMILES string of the molecule is O=C(OC(S)(CCOc1ccccc1)C(=O)NCCN1CCOCC1)C(=O)OC(S)(CCOc1ccccc1)C(=O)NCCN1CCOCC1. The van der Waals surface area contributed by atoms with Crippen LogP contribution in [0.1, 0.15) is 12.8 Å². The summed E-state index contributed by atoms with van der Waals surface area (Å²) >= 11 is 8.86. The van der Waals surface area contributed by atoms with Crippen molar-refractivity contribution in [2.24, 2.45) is 0 Å². The van der Waals surface area contributed by atoms with E-state index in [-0.39, 0.29) is 39.1 Å². The van der Waals surface area contributed by atoms with Crippen molar-refractivity contribution >= 4 is 49.0 Å². The summed E-state index contributed by atoms with van der Waals surface area (Å²) in [5.74, 6) is -3.52. The van der Waals surface area contributed by atoms with Crippen LogP contribution < -0.4 is 20.1 Å². The van der Waals surface area contributed by atoms with Gasteiger partial charge < -0.3 is 39.1 Å². The van der Waals surface area contributed by atoms with Gasteiger partial charge in [0.25, 0.3) is 11.8 Å². The Bertz CT molecular complexity index is 1260. The first kappa shape index (κ1) is 39.2. The van der Waals surface area contributed by atoms with Crippen LogP contribution in [0.5, 0.6) is 11.5 Å². The number of ether oxygens (including phenoxy) is 6. The minimum atomic E-state index is -2.12. The fraction of sp³-hybridized carbons (Fsp3) is 0.529. The molecule has 2 N–H and O–H groups in total. The second-order valence-electron chi connectivity index (χ2n) is 11.6. The lowest BCUT2D eigenvalue weighted by Crippen LogP contribution is -2.52. The Labute approximate surface area is 303 Å². The average molecular weight is 735 g/mol. The molecule has 4 rings (SSSR count). The van der Waals surface area contributed by atoms with E-state index >= 15 is 0 Å². The molecule has 2 aliphatic rings. The molecule has 0 aromatic heterocycles. The van der Waals surface area contributed by atoms with Gasteiger partial charge in [-0.2, -0.15) is 0 Å². The first-order valence-electron chi connectivity index (χ1n) is 16.6. The van der Waals surface area contributed by atoms with Crippen molar-refractivity contribution in [3.63, 3.8) is 0 Å². The second kappa shape index (κ2) is 20.3. The number of benzene rings is 2. The number of morpholine rings is 2. The number of hydrogen-bond donors (Lipinski definition) is 4. The molecule has 2 saturated heterocycles. The van der Waals surface area contributed by atoms with Crippen LogP contribution in [0.2, 0.25) is 0 Å². The summed E-state index contributed by atoms with van der Waals surface area (Å²) in [7, 11) is 0. The minimum Gasteiger partial charge on any atom is -0.493 e. The maximum atomic E-state index is 13.4. The Morgan fingerprint density at radius 3 is 1.34 bits per heavy atom. The summed E-state index contributed by atoms with van der Waals surface area (Å²) in [4.78, 5) is 53.3. The van der Waals surface area contributed by atoms with Crippen LogP contribution in [0.15, 0.2) is 60.7 Å². The van der Waals surface area contributed by atoms with Crippen LogP contribution in [0.4, 0.5) is 0 Å². The number of amides is 2. The van der Waals surface area contributed by atoms with E-state index < -0.39 is 33.6 Å². The van der Waals surface area contributed by atoms with Crippen molar-refractivity contribution in [2.45, 2.75) is 22.7 Å². The van der Waals surface area contributed by atoms with Crippen molar-refractivity contribution in [2.75, 3.05) is 92.0 Å². The van der Waals surface area contributed by atoms with Crippen molar-refractivity contribution in [3.8, 4) is 11.5 Å². The molecule has 274 valence electrons. The van der Waals surface area contributed by atoms with Crippen LogP contribution in [-0.2, 0) is 38.1 Å². The highest BCUT2D eigenvalue weighted by Crippen LogP contribution is 2.27. The number of thiol groups is 2. The maximum Gasteiger partial charge on any atom is 0.419 e. The summed E-state index contributed by atoms with van der Waals surface area (Å²) in [6.07, 6.45) is -0.432. The fourth-order valence-electron chi connectivity index (χ4n) is 5.04. The molecule has 2 fully saturated rings. The highest BCUT2D eigenvalue weighted by Gasteiger charge is 2.45. The van der Waals surface area contributed by atoms with Gasteiger partial charge in [0.1, 0.15) is 11.5 Å². The Hall–Kier alpha value is -3.54. The monoisotopic (exact) mass is 734 g/mol. The summed E-state index contributed by atoms with van der Waals surface area (Å²) in [5.41, 5.74) is 0. The Morgan fingerprint density at radius 2 is 0.980 bits per heavy atom.